The van der Waals surface area contributed by atoms with Gasteiger partial charge in [0.15, 0.2) is 11.5 Å². The van der Waals surface area contributed by atoms with Gasteiger partial charge in [0, 0.05) is 23.5 Å². The standard InChI is InChI=1S/C19H15N3O3/c23-19(22-14-6-7-16-17(10-14)25-9-8-24-16)15-11-20-12-21-18(15)13-4-2-1-3-5-13/h1-7,10-12H,8-9H2,(H,22,23). The molecule has 0 aliphatic carbocycles. The monoisotopic (exact) mass is 333 g/mol. The van der Waals surface area contributed by atoms with Gasteiger partial charge in [0.1, 0.15) is 19.5 Å². The number of hydrogen-bond acceptors (Lipinski definition) is 5. The van der Waals surface area contributed by atoms with Crippen molar-refractivity contribution >= 4 is 11.6 Å². The lowest BCUT2D eigenvalue weighted by atomic mass is 10.1. The molecule has 1 N–H and O–H groups in total. The van der Waals surface area contributed by atoms with E-state index in [4.69, 9.17) is 9.47 Å². The molecule has 124 valence electrons. The lowest BCUT2D eigenvalue weighted by Crippen LogP contribution is -2.17. The van der Waals surface area contributed by atoms with Gasteiger partial charge < -0.3 is 14.8 Å². The summed E-state index contributed by atoms with van der Waals surface area (Å²) in [6, 6.07) is 14.8. The zero-order chi connectivity index (χ0) is 17.1. The third kappa shape index (κ3) is 3.14. The molecule has 0 atom stereocenters. The highest BCUT2D eigenvalue weighted by Crippen LogP contribution is 2.33. The number of rotatable bonds is 3. The second kappa shape index (κ2) is 6.60. The zero-order valence-corrected chi connectivity index (χ0v) is 13.3. The van der Waals surface area contributed by atoms with Gasteiger partial charge in [-0.15, -0.1) is 0 Å². The van der Waals surface area contributed by atoms with Crippen LogP contribution in [-0.2, 0) is 0 Å². The number of fused-ring (bicyclic) bond motifs is 1. The predicted octanol–water partition coefficient (Wildman–Crippen LogP) is 3.17. The Hall–Kier alpha value is -3.41. The molecule has 0 spiro atoms. The molecular weight excluding hydrogens is 318 g/mol. The Balaban J connectivity index is 1.62. The van der Waals surface area contributed by atoms with Crippen LogP contribution in [0.5, 0.6) is 11.5 Å². The number of ether oxygens (including phenoxy) is 2. The highest BCUT2D eigenvalue weighted by atomic mass is 16.6. The van der Waals surface area contributed by atoms with E-state index in [1.54, 1.807) is 18.2 Å². The molecule has 1 amide bonds. The SMILES string of the molecule is O=C(Nc1ccc2c(c1)OCCO2)c1cncnc1-c1ccccc1. The fourth-order valence-corrected chi connectivity index (χ4v) is 2.64. The molecule has 3 aromatic rings. The van der Waals surface area contributed by atoms with Gasteiger partial charge in [0.2, 0.25) is 0 Å². The summed E-state index contributed by atoms with van der Waals surface area (Å²) in [5.41, 5.74) is 2.48. The van der Waals surface area contributed by atoms with Crippen LogP contribution in [0.3, 0.4) is 0 Å². The van der Waals surface area contributed by atoms with E-state index < -0.39 is 0 Å². The molecule has 0 radical (unpaired) electrons. The third-order valence-electron chi connectivity index (χ3n) is 3.80. The molecule has 0 saturated heterocycles. The van der Waals surface area contributed by atoms with Crippen molar-refractivity contribution in [2.24, 2.45) is 0 Å². The summed E-state index contributed by atoms with van der Waals surface area (Å²) in [6.45, 7) is 1.02. The number of nitrogens with zero attached hydrogens (tertiary/aromatic N) is 2. The van der Waals surface area contributed by atoms with Crippen LogP contribution in [0.4, 0.5) is 5.69 Å². The molecule has 2 aromatic carbocycles. The minimum atomic E-state index is -0.281. The minimum absolute atomic E-state index is 0.281. The average Bonchev–Trinajstić information content (AvgIpc) is 2.68. The van der Waals surface area contributed by atoms with Crippen molar-refractivity contribution in [2.75, 3.05) is 18.5 Å². The number of carbonyl (C=O) groups is 1. The number of carbonyl (C=O) groups excluding carboxylic acids is 1. The number of nitrogens with one attached hydrogen (secondary N) is 1. The molecule has 0 unspecified atom stereocenters. The van der Waals surface area contributed by atoms with Crippen LogP contribution in [0, 0.1) is 0 Å². The van der Waals surface area contributed by atoms with Gasteiger partial charge in [-0.1, -0.05) is 30.3 Å². The first-order chi connectivity index (χ1) is 12.3. The smallest absolute Gasteiger partial charge is 0.259 e. The van der Waals surface area contributed by atoms with E-state index in [0.29, 0.717) is 41.7 Å². The fraction of sp³-hybridized carbons (Fsp3) is 0.105. The quantitative estimate of drug-likeness (QED) is 0.797. The predicted molar refractivity (Wildman–Crippen MR) is 92.9 cm³/mol. The maximum Gasteiger partial charge on any atom is 0.259 e. The van der Waals surface area contributed by atoms with E-state index in [0.717, 1.165) is 5.56 Å². The first-order valence-electron chi connectivity index (χ1n) is 7.88. The summed E-state index contributed by atoms with van der Waals surface area (Å²) < 4.78 is 11.0. The van der Waals surface area contributed by atoms with Gasteiger partial charge in [-0.3, -0.25) is 4.79 Å². The number of aromatic nitrogens is 2. The summed E-state index contributed by atoms with van der Waals surface area (Å²) in [5.74, 6) is 1.02. The summed E-state index contributed by atoms with van der Waals surface area (Å²) in [6.07, 6.45) is 2.95. The van der Waals surface area contributed by atoms with Crippen molar-refractivity contribution in [1.29, 1.82) is 0 Å². The number of benzene rings is 2. The van der Waals surface area contributed by atoms with Gasteiger partial charge in [-0.2, -0.15) is 0 Å². The molecule has 0 bridgehead atoms. The molecule has 4 rings (SSSR count). The lowest BCUT2D eigenvalue weighted by molar-refractivity contribution is 0.102. The Morgan fingerprint density at radius 2 is 1.80 bits per heavy atom. The van der Waals surface area contributed by atoms with E-state index >= 15 is 0 Å². The van der Waals surface area contributed by atoms with Crippen LogP contribution < -0.4 is 14.8 Å². The summed E-state index contributed by atoms with van der Waals surface area (Å²) in [7, 11) is 0. The topological polar surface area (TPSA) is 73.3 Å². The Morgan fingerprint density at radius 3 is 2.64 bits per heavy atom. The molecule has 6 nitrogen and oxygen atoms in total. The molecule has 1 aliphatic rings. The second-order valence-corrected chi connectivity index (χ2v) is 5.46. The van der Waals surface area contributed by atoms with Crippen molar-refractivity contribution in [3.63, 3.8) is 0 Å². The Labute approximate surface area is 144 Å². The van der Waals surface area contributed by atoms with Crippen LogP contribution in [0.15, 0.2) is 61.1 Å². The van der Waals surface area contributed by atoms with Crippen molar-refractivity contribution in [1.82, 2.24) is 9.97 Å². The molecule has 6 heteroatoms. The molecule has 1 aliphatic heterocycles. The van der Waals surface area contributed by atoms with Crippen LogP contribution in [-0.4, -0.2) is 29.1 Å². The molecule has 2 heterocycles. The molecule has 0 saturated carbocycles. The van der Waals surface area contributed by atoms with E-state index in [9.17, 15) is 4.79 Å². The van der Waals surface area contributed by atoms with E-state index in [-0.39, 0.29) is 5.91 Å². The van der Waals surface area contributed by atoms with E-state index in [1.807, 2.05) is 30.3 Å². The summed E-state index contributed by atoms with van der Waals surface area (Å²) >= 11 is 0. The van der Waals surface area contributed by atoms with Gasteiger partial charge in [-0.25, -0.2) is 9.97 Å². The highest BCUT2D eigenvalue weighted by Gasteiger charge is 2.17. The number of anilines is 1. The van der Waals surface area contributed by atoms with E-state index in [2.05, 4.69) is 15.3 Å². The third-order valence-corrected chi connectivity index (χ3v) is 3.80. The first-order valence-corrected chi connectivity index (χ1v) is 7.88. The summed E-state index contributed by atoms with van der Waals surface area (Å²) in [5, 5.41) is 2.86. The second-order valence-electron chi connectivity index (χ2n) is 5.46. The van der Waals surface area contributed by atoms with Gasteiger partial charge in [0.05, 0.1) is 11.3 Å². The molecular formula is C19H15N3O3. The van der Waals surface area contributed by atoms with Crippen LogP contribution >= 0.6 is 0 Å². The van der Waals surface area contributed by atoms with Gasteiger partial charge in [-0.05, 0) is 12.1 Å². The molecule has 25 heavy (non-hydrogen) atoms. The first kappa shape index (κ1) is 15.1. The lowest BCUT2D eigenvalue weighted by Gasteiger charge is -2.19. The van der Waals surface area contributed by atoms with E-state index in [1.165, 1.54) is 12.5 Å². The Morgan fingerprint density at radius 1 is 1.00 bits per heavy atom. The van der Waals surface area contributed by atoms with Crippen molar-refractivity contribution in [3.05, 3.63) is 66.6 Å². The largest absolute Gasteiger partial charge is 0.486 e. The van der Waals surface area contributed by atoms with Crippen molar-refractivity contribution < 1.29 is 14.3 Å². The number of amides is 1. The molecule has 1 aromatic heterocycles. The minimum Gasteiger partial charge on any atom is -0.486 e. The normalized spacial score (nSPS) is 12.5. The zero-order valence-electron chi connectivity index (χ0n) is 13.3. The van der Waals surface area contributed by atoms with Crippen molar-refractivity contribution in [3.8, 4) is 22.8 Å². The Bertz CT molecular complexity index is 913. The fourth-order valence-electron chi connectivity index (χ4n) is 2.64. The molecule has 0 fully saturated rings. The maximum absolute atomic E-state index is 12.7. The maximum atomic E-state index is 12.7. The van der Waals surface area contributed by atoms with Gasteiger partial charge in [0.25, 0.3) is 5.91 Å². The van der Waals surface area contributed by atoms with Crippen LogP contribution in [0.2, 0.25) is 0 Å². The van der Waals surface area contributed by atoms with Crippen molar-refractivity contribution in [2.45, 2.75) is 0 Å². The van der Waals surface area contributed by atoms with Crippen LogP contribution in [0.25, 0.3) is 11.3 Å². The highest BCUT2D eigenvalue weighted by molar-refractivity contribution is 6.07. The summed E-state index contributed by atoms with van der Waals surface area (Å²) in [4.78, 5) is 21.0. The van der Waals surface area contributed by atoms with Crippen LogP contribution in [0.1, 0.15) is 10.4 Å². The van der Waals surface area contributed by atoms with Gasteiger partial charge >= 0.3 is 0 Å². The number of hydrogen-bond donors (Lipinski definition) is 1. The Kier molecular flexibility index (Phi) is 4.00. The average molecular weight is 333 g/mol.